The Morgan fingerprint density at radius 3 is 3.15 bits per heavy atom. The number of rotatable bonds is 0. The van der Waals surface area contributed by atoms with Crippen molar-refractivity contribution in [1.82, 2.24) is 4.90 Å². The van der Waals surface area contributed by atoms with Crippen LogP contribution in [0, 0.1) is 0 Å². The molecule has 3 rings (SSSR count). The smallest absolute Gasteiger partial charge is 0.0733 e. The Morgan fingerprint density at radius 1 is 1.15 bits per heavy atom. The lowest BCUT2D eigenvalue weighted by Gasteiger charge is -2.33. The average Bonchev–Trinajstić information content (AvgIpc) is 2.65. The molecule has 0 fully saturated rings. The summed E-state index contributed by atoms with van der Waals surface area (Å²) in [6.07, 6.45) is 17.5. The largest absolute Gasteiger partial charge is 0.357 e. The Morgan fingerprint density at radius 2 is 2.15 bits per heavy atom. The van der Waals surface area contributed by atoms with Gasteiger partial charge >= 0.3 is 0 Å². The molecule has 1 atom stereocenters. The third-order valence-corrected chi connectivity index (χ3v) is 2.74. The van der Waals surface area contributed by atoms with Crippen molar-refractivity contribution in [1.29, 1.82) is 0 Å². The van der Waals surface area contributed by atoms with Crippen LogP contribution in [0.4, 0.5) is 0 Å². The molecule has 0 N–H and O–H groups in total. The molecule has 64 valence electrons. The van der Waals surface area contributed by atoms with Crippen LogP contribution in [0.2, 0.25) is 0 Å². The zero-order valence-electron chi connectivity index (χ0n) is 7.35. The van der Waals surface area contributed by atoms with Gasteiger partial charge in [0.1, 0.15) is 0 Å². The van der Waals surface area contributed by atoms with Gasteiger partial charge in [-0.15, -0.1) is 0 Å². The fraction of sp³-hybridized carbons (Fsp3) is 0.167. The van der Waals surface area contributed by atoms with Gasteiger partial charge in [-0.25, -0.2) is 0 Å². The Hall–Kier alpha value is -1.50. The fourth-order valence-electron chi connectivity index (χ4n) is 2.08. The van der Waals surface area contributed by atoms with Gasteiger partial charge in [-0.1, -0.05) is 36.5 Å². The van der Waals surface area contributed by atoms with Gasteiger partial charge in [0.05, 0.1) is 6.04 Å². The van der Waals surface area contributed by atoms with Crippen LogP contribution in [0.1, 0.15) is 0 Å². The average molecular weight is 169 g/mol. The van der Waals surface area contributed by atoms with Gasteiger partial charge in [-0.3, -0.25) is 0 Å². The second kappa shape index (κ2) is 2.49. The van der Waals surface area contributed by atoms with Crippen molar-refractivity contribution in [3.05, 3.63) is 59.9 Å². The minimum absolute atomic E-state index is 0.472. The summed E-state index contributed by atoms with van der Waals surface area (Å²) in [6, 6.07) is 0.472. The molecule has 1 aliphatic carbocycles. The molecule has 2 aliphatic heterocycles. The van der Waals surface area contributed by atoms with E-state index in [1.54, 1.807) is 0 Å². The van der Waals surface area contributed by atoms with Crippen LogP contribution >= 0.6 is 0 Å². The molecule has 0 amide bonds. The molecule has 0 saturated heterocycles. The van der Waals surface area contributed by atoms with Gasteiger partial charge in [0.2, 0.25) is 0 Å². The molecular formula is C12H11N. The summed E-state index contributed by atoms with van der Waals surface area (Å²) in [4.78, 5) is 2.41. The van der Waals surface area contributed by atoms with Crippen LogP contribution in [0.3, 0.4) is 0 Å². The van der Waals surface area contributed by atoms with Crippen molar-refractivity contribution < 1.29 is 0 Å². The molecule has 1 heteroatoms. The lowest BCUT2D eigenvalue weighted by Crippen LogP contribution is -2.34. The highest BCUT2D eigenvalue weighted by atomic mass is 15.2. The molecule has 0 aromatic rings. The number of hydrogen-bond acceptors (Lipinski definition) is 1. The van der Waals surface area contributed by atoms with E-state index in [0.717, 1.165) is 6.54 Å². The highest BCUT2D eigenvalue weighted by molar-refractivity contribution is 5.46. The zero-order chi connectivity index (χ0) is 8.67. The fourth-order valence-corrected chi connectivity index (χ4v) is 2.08. The van der Waals surface area contributed by atoms with E-state index in [-0.39, 0.29) is 0 Å². The molecule has 3 aliphatic rings. The summed E-state index contributed by atoms with van der Waals surface area (Å²) in [5.74, 6) is 0. The van der Waals surface area contributed by atoms with Gasteiger partial charge in [-0.05, 0) is 17.7 Å². The summed E-state index contributed by atoms with van der Waals surface area (Å²) in [5.41, 5.74) is 2.74. The van der Waals surface area contributed by atoms with E-state index in [2.05, 4.69) is 53.5 Å². The first-order chi connectivity index (χ1) is 6.45. The van der Waals surface area contributed by atoms with E-state index in [1.165, 1.54) is 11.3 Å². The predicted molar refractivity (Wildman–Crippen MR) is 54.1 cm³/mol. The number of hydrogen-bond donors (Lipinski definition) is 0. The van der Waals surface area contributed by atoms with Crippen molar-refractivity contribution in [3.8, 4) is 0 Å². The highest BCUT2D eigenvalue weighted by Gasteiger charge is 2.24. The van der Waals surface area contributed by atoms with Crippen molar-refractivity contribution in [3.63, 3.8) is 0 Å². The van der Waals surface area contributed by atoms with Crippen LogP contribution in [0.15, 0.2) is 59.9 Å². The van der Waals surface area contributed by atoms with E-state index in [4.69, 9.17) is 0 Å². The maximum Gasteiger partial charge on any atom is 0.0733 e. The molecule has 0 bridgehead atoms. The summed E-state index contributed by atoms with van der Waals surface area (Å²) >= 11 is 0. The maximum atomic E-state index is 2.41. The van der Waals surface area contributed by atoms with Gasteiger partial charge in [0.15, 0.2) is 0 Å². The van der Waals surface area contributed by atoms with Gasteiger partial charge in [-0.2, -0.15) is 0 Å². The van der Waals surface area contributed by atoms with E-state index >= 15 is 0 Å². The summed E-state index contributed by atoms with van der Waals surface area (Å²) in [7, 11) is 0. The molecule has 0 aromatic carbocycles. The number of fused-ring (bicyclic) bond motifs is 3. The first-order valence-electron chi connectivity index (χ1n) is 4.65. The molecule has 13 heavy (non-hydrogen) atoms. The van der Waals surface area contributed by atoms with Crippen LogP contribution in [0.5, 0.6) is 0 Å². The van der Waals surface area contributed by atoms with E-state index in [0.29, 0.717) is 6.04 Å². The van der Waals surface area contributed by atoms with Gasteiger partial charge < -0.3 is 4.90 Å². The Labute approximate surface area is 78.0 Å². The van der Waals surface area contributed by atoms with E-state index in [1.807, 2.05) is 0 Å². The number of allylic oxidation sites excluding steroid dienone is 5. The molecular weight excluding hydrogens is 158 g/mol. The van der Waals surface area contributed by atoms with Crippen LogP contribution in [-0.2, 0) is 0 Å². The van der Waals surface area contributed by atoms with Crippen molar-refractivity contribution in [2.75, 3.05) is 6.54 Å². The normalized spacial score (nSPS) is 28.3. The minimum Gasteiger partial charge on any atom is -0.357 e. The summed E-state index contributed by atoms with van der Waals surface area (Å²) < 4.78 is 0. The zero-order valence-corrected chi connectivity index (χ0v) is 7.35. The van der Waals surface area contributed by atoms with Crippen LogP contribution in [-0.4, -0.2) is 17.5 Å². The monoisotopic (exact) mass is 169 g/mol. The van der Waals surface area contributed by atoms with Crippen molar-refractivity contribution in [2.24, 2.45) is 0 Å². The minimum atomic E-state index is 0.472. The first-order valence-corrected chi connectivity index (χ1v) is 4.65. The Balaban J connectivity index is 2.07. The molecule has 2 heterocycles. The topological polar surface area (TPSA) is 3.24 Å². The molecule has 1 unspecified atom stereocenters. The SMILES string of the molecule is C1=CC2=CC=C3C=CCN3C2C=C1. The third kappa shape index (κ3) is 0.934. The lowest BCUT2D eigenvalue weighted by molar-refractivity contribution is 0.375. The Kier molecular flexibility index (Phi) is 1.33. The maximum absolute atomic E-state index is 2.41. The van der Waals surface area contributed by atoms with Crippen LogP contribution in [0.25, 0.3) is 0 Å². The van der Waals surface area contributed by atoms with Crippen molar-refractivity contribution in [2.45, 2.75) is 6.04 Å². The second-order valence-corrected chi connectivity index (χ2v) is 3.50. The molecule has 0 spiro atoms. The van der Waals surface area contributed by atoms with Crippen molar-refractivity contribution >= 4 is 0 Å². The first kappa shape index (κ1) is 6.96. The van der Waals surface area contributed by atoms with Crippen LogP contribution < -0.4 is 0 Å². The highest BCUT2D eigenvalue weighted by Crippen LogP contribution is 2.29. The standard InChI is InChI=1S/C12H11N/c1-2-6-12-10(4-1)7-8-11-5-3-9-13(11)12/h1-8,12H,9H2. The van der Waals surface area contributed by atoms with E-state index < -0.39 is 0 Å². The predicted octanol–water partition coefficient (Wildman–Crippen LogP) is 2.18. The van der Waals surface area contributed by atoms with Gasteiger partial charge in [0.25, 0.3) is 0 Å². The molecule has 0 saturated carbocycles. The second-order valence-electron chi connectivity index (χ2n) is 3.50. The van der Waals surface area contributed by atoms with Gasteiger partial charge in [0, 0.05) is 12.2 Å². The summed E-state index contributed by atoms with van der Waals surface area (Å²) in [5, 5.41) is 0. The molecule has 0 aromatic heterocycles. The molecule has 1 nitrogen and oxygen atoms in total. The Bertz CT molecular complexity index is 380. The summed E-state index contributed by atoms with van der Waals surface area (Å²) in [6.45, 7) is 1.05. The molecule has 0 radical (unpaired) electrons. The quantitative estimate of drug-likeness (QED) is 0.537. The number of nitrogens with zero attached hydrogens (tertiary/aromatic N) is 1. The lowest BCUT2D eigenvalue weighted by atomic mass is 9.97. The third-order valence-electron chi connectivity index (χ3n) is 2.74. The van der Waals surface area contributed by atoms with E-state index in [9.17, 15) is 0 Å².